The highest BCUT2D eigenvalue weighted by molar-refractivity contribution is 7.23. The third kappa shape index (κ3) is 5.30. The average Bonchev–Trinajstić information content (AvgIpc) is 3.59. The van der Waals surface area contributed by atoms with Crippen LogP contribution in [0.1, 0.15) is 40.4 Å². The van der Waals surface area contributed by atoms with Gasteiger partial charge in [0.15, 0.2) is 10.8 Å². The van der Waals surface area contributed by atoms with E-state index in [-0.39, 0.29) is 5.41 Å². The standard InChI is InChI=1S/C27H34N8OS/c1-7-34(8-2)14-13-33(6)25-28-16-21-24(31-25)37-26-30-20(17-35(21)26)18-9-11-19(12-10-18)29-23-15-22(36-32-23)27(3,4)5/h9-12,15-17H,7-8,13-14H2,1-6H3,(H,29,32). The van der Waals surface area contributed by atoms with Gasteiger partial charge in [0.05, 0.1) is 11.9 Å². The van der Waals surface area contributed by atoms with Crippen molar-refractivity contribution in [1.29, 1.82) is 0 Å². The van der Waals surface area contributed by atoms with E-state index in [0.29, 0.717) is 5.82 Å². The first-order valence-electron chi connectivity index (χ1n) is 12.7. The van der Waals surface area contributed by atoms with Gasteiger partial charge in [-0.2, -0.15) is 0 Å². The average molecular weight is 519 g/mol. The highest BCUT2D eigenvalue weighted by atomic mass is 32.1. The molecule has 0 saturated heterocycles. The molecule has 0 aliphatic carbocycles. The molecule has 4 heterocycles. The second kappa shape index (κ2) is 10.1. The van der Waals surface area contributed by atoms with Crippen molar-refractivity contribution >= 4 is 44.1 Å². The molecule has 0 saturated carbocycles. The lowest BCUT2D eigenvalue weighted by Gasteiger charge is -2.23. The number of hydrogen-bond acceptors (Lipinski definition) is 9. The predicted octanol–water partition coefficient (Wildman–Crippen LogP) is 5.81. The largest absolute Gasteiger partial charge is 0.359 e. The van der Waals surface area contributed by atoms with E-state index in [0.717, 1.165) is 70.1 Å². The summed E-state index contributed by atoms with van der Waals surface area (Å²) in [7, 11) is 2.05. The Bertz CT molecular complexity index is 1490. The monoisotopic (exact) mass is 518 g/mol. The number of aromatic nitrogens is 5. The minimum atomic E-state index is -0.0806. The quantitative estimate of drug-likeness (QED) is 0.261. The number of anilines is 3. The van der Waals surface area contributed by atoms with Crippen molar-refractivity contribution in [3.63, 3.8) is 0 Å². The van der Waals surface area contributed by atoms with E-state index in [1.54, 1.807) is 11.3 Å². The van der Waals surface area contributed by atoms with Gasteiger partial charge in [0.2, 0.25) is 5.95 Å². The summed E-state index contributed by atoms with van der Waals surface area (Å²) >= 11 is 1.58. The molecule has 0 amide bonds. The van der Waals surface area contributed by atoms with Crippen LogP contribution in [0.3, 0.4) is 0 Å². The van der Waals surface area contributed by atoms with E-state index in [2.05, 4.69) is 82.6 Å². The molecule has 0 fully saturated rings. The lowest BCUT2D eigenvalue weighted by molar-refractivity contribution is 0.310. The fourth-order valence-corrected chi connectivity index (χ4v) is 5.05. The molecular weight excluding hydrogens is 484 g/mol. The predicted molar refractivity (Wildman–Crippen MR) is 151 cm³/mol. The number of fused-ring (bicyclic) bond motifs is 3. The number of hydrogen-bond donors (Lipinski definition) is 1. The third-order valence-corrected chi connectivity index (χ3v) is 7.50. The molecule has 0 radical (unpaired) electrons. The van der Waals surface area contributed by atoms with Gasteiger partial charge in [-0.1, -0.05) is 63.2 Å². The molecule has 0 atom stereocenters. The lowest BCUT2D eigenvalue weighted by atomic mass is 9.93. The van der Waals surface area contributed by atoms with E-state index < -0.39 is 0 Å². The molecule has 0 aliphatic heterocycles. The molecule has 10 heteroatoms. The summed E-state index contributed by atoms with van der Waals surface area (Å²) < 4.78 is 7.54. The summed E-state index contributed by atoms with van der Waals surface area (Å²) in [6, 6.07) is 10.1. The van der Waals surface area contributed by atoms with Crippen molar-refractivity contribution in [3.05, 3.63) is 48.5 Å². The third-order valence-electron chi connectivity index (χ3n) is 6.53. The highest BCUT2D eigenvalue weighted by Crippen LogP contribution is 2.30. The molecule has 0 spiro atoms. The van der Waals surface area contributed by atoms with Crippen molar-refractivity contribution in [2.75, 3.05) is 43.4 Å². The van der Waals surface area contributed by atoms with E-state index in [4.69, 9.17) is 14.5 Å². The van der Waals surface area contributed by atoms with E-state index >= 15 is 0 Å². The first-order valence-corrected chi connectivity index (χ1v) is 13.5. The Labute approximate surface area is 221 Å². The smallest absolute Gasteiger partial charge is 0.226 e. The molecule has 0 aliphatic rings. The fraction of sp³-hybridized carbons (Fsp3) is 0.407. The highest BCUT2D eigenvalue weighted by Gasteiger charge is 2.20. The maximum atomic E-state index is 5.47. The van der Waals surface area contributed by atoms with Gasteiger partial charge in [0.25, 0.3) is 0 Å². The Balaban J connectivity index is 1.31. The van der Waals surface area contributed by atoms with Crippen LogP contribution in [0.4, 0.5) is 17.5 Å². The second-order valence-electron chi connectivity index (χ2n) is 10.2. The van der Waals surface area contributed by atoms with Crippen LogP contribution in [0.25, 0.3) is 26.6 Å². The first kappa shape index (κ1) is 25.2. The summed E-state index contributed by atoms with van der Waals surface area (Å²) in [4.78, 5) is 20.7. The topological polar surface area (TPSA) is 87.6 Å². The molecule has 9 nitrogen and oxygen atoms in total. The molecule has 4 aromatic heterocycles. The molecule has 0 bridgehead atoms. The van der Waals surface area contributed by atoms with Crippen molar-refractivity contribution in [2.45, 2.75) is 40.0 Å². The zero-order valence-electron chi connectivity index (χ0n) is 22.3. The summed E-state index contributed by atoms with van der Waals surface area (Å²) in [6.07, 6.45) is 3.95. The van der Waals surface area contributed by atoms with Crippen LogP contribution >= 0.6 is 11.3 Å². The summed E-state index contributed by atoms with van der Waals surface area (Å²) in [6.45, 7) is 14.7. The Morgan fingerprint density at radius 1 is 1.05 bits per heavy atom. The number of nitrogens with zero attached hydrogens (tertiary/aromatic N) is 7. The van der Waals surface area contributed by atoms with Crippen molar-refractivity contribution < 1.29 is 4.52 Å². The molecule has 194 valence electrons. The van der Waals surface area contributed by atoms with Gasteiger partial charge in [-0.25, -0.2) is 15.0 Å². The van der Waals surface area contributed by atoms with Gasteiger partial charge in [0, 0.05) is 49.1 Å². The Hall–Kier alpha value is -3.50. The SMILES string of the molecule is CCN(CC)CCN(C)c1ncc2c(n1)sc1nc(-c3ccc(Nc4cc(C(C)(C)C)on4)cc3)cn12. The molecule has 1 N–H and O–H groups in total. The Morgan fingerprint density at radius 3 is 2.49 bits per heavy atom. The van der Waals surface area contributed by atoms with E-state index in [9.17, 15) is 0 Å². The number of imidazole rings is 1. The second-order valence-corrected chi connectivity index (χ2v) is 11.2. The minimum absolute atomic E-state index is 0.0806. The summed E-state index contributed by atoms with van der Waals surface area (Å²) in [5.41, 5.74) is 3.78. The van der Waals surface area contributed by atoms with Crippen LogP contribution in [-0.2, 0) is 5.41 Å². The van der Waals surface area contributed by atoms with Gasteiger partial charge in [-0.3, -0.25) is 4.40 Å². The van der Waals surface area contributed by atoms with Crippen molar-refractivity contribution in [3.8, 4) is 11.3 Å². The Morgan fingerprint density at radius 2 is 1.81 bits per heavy atom. The molecular formula is C27H34N8OS. The van der Waals surface area contributed by atoms with E-state index in [1.807, 2.05) is 31.4 Å². The maximum absolute atomic E-state index is 5.47. The zero-order valence-corrected chi connectivity index (χ0v) is 23.1. The van der Waals surface area contributed by atoms with Gasteiger partial charge < -0.3 is 19.6 Å². The van der Waals surface area contributed by atoms with Gasteiger partial charge in [0.1, 0.15) is 16.1 Å². The van der Waals surface area contributed by atoms with Gasteiger partial charge in [-0.05, 0) is 25.2 Å². The Kier molecular flexibility index (Phi) is 6.87. The van der Waals surface area contributed by atoms with Crippen LogP contribution < -0.4 is 10.2 Å². The van der Waals surface area contributed by atoms with Gasteiger partial charge in [-0.15, -0.1) is 0 Å². The number of nitrogens with one attached hydrogen (secondary N) is 1. The van der Waals surface area contributed by atoms with Gasteiger partial charge >= 0.3 is 0 Å². The molecule has 5 aromatic rings. The molecule has 0 unspecified atom stereocenters. The zero-order chi connectivity index (χ0) is 26.2. The number of likely N-dealkylation sites (N-methyl/N-ethyl adjacent to an activating group) is 2. The normalized spacial score (nSPS) is 12.2. The fourth-order valence-electron chi connectivity index (χ4n) is 4.10. The molecule has 37 heavy (non-hydrogen) atoms. The number of rotatable bonds is 9. The molecule has 5 rings (SSSR count). The minimum Gasteiger partial charge on any atom is -0.359 e. The lowest BCUT2D eigenvalue weighted by Crippen LogP contribution is -2.33. The van der Waals surface area contributed by atoms with Crippen molar-refractivity contribution in [2.24, 2.45) is 0 Å². The van der Waals surface area contributed by atoms with Crippen LogP contribution in [0.15, 0.2) is 47.2 Å². The number of thiazole rings is 1. The maximum Gasteiger partial charge on any atom is 0.226 e. The summed E-state index contributed by atoms with van der Waals surface area (Å²) in [5.74, 6) is 2.29. The molecule has 1 aromatic carbocycles. The number of benzene rings is 1. The van der Waals surface area contributed by atoms with Crippen molar-refractivity contribution in [1.82, 2.24) is 29.4 Å². The van der Waals surface area contributed by atoms with Crippen LogP contribution in [-0.4, -0.2) is 62.6 Å². The van der Waals surface area contributed by atoms with E-state index in [1.165, 1.54) is 0 Å². The summed E-state index contributed by atoms with van der Waals surface area (Å²) in [5, 5.41) is 7.44. The van der Waals surface area contributed by atoms with Crippen LogP contribution in [0.2, 0.25) is 0 Å². The first-order chi connectivity index (χ1) is 17.7. The van der Waals surface area contributed by atoms with Crippen LogP contribution in [0, 0.1) is 0 Å². The van der Waals surface area contributed by atoms with Crippen LogP contribution in [0.5, 0.6) is 0 Å².